The summed E-state index contributed by atoms with van der Waals surface area (Å²) in [7, 11) is 0. The number of nitrogens with one attached hydrogen (secondary N) is 1. The maximum Gasteiger partial charge on any atom is 0.164 e. The molecule has 3 aliphatic rings. The topological polar surface area (TPSA) is 97.4 Å². The van der Waals surface area contributed by atoms with Crippen LogP contribution in [0.3, 0.4) is 0 Å². The standard InChI is InChI=1S/C31H38N8O/c32-30-28-29(23-6-8-27(9-7-23)40-26-4-2-1-3-5-26)36-39(31(28)35-21-34-30)24-12-16-38(17-13-24)25-19-37(20-25)18-22-10-14-33-15-11-22/h1-9,21-22,24-25,33H,10-20H2,(H2,32,34,35). The van der Waals surface area contributed by atoms with E-state index in [9.17, 15) is 0 Å². The molecular weight excluding hydrogens is 500 g/mol. The molecule has 0 radical (unpaired) electrons. The first-order chi connectivity index (χ1) is 19.7. The number of benzene rings is 2. The van der Waals surface area contributed by atoms with E-state index in [2.05, 4.69) is 29.8 Å². The summed E-state index contributed by atoms with van der Waals surface area (Å²) in [6.45, 7) is 8.28. The minimum Gasteiger partial charge on any atom is -0.457 e. The number of anilines is 1. The highest BCUT2D eigenvalue weighted by Gasteiger charge is 2.36. The highest BCUT2D eigenvalue weighted by Crippen LogP contribution is 2.36. The predicted octanol–water partition coefficient (Wildman–Crippen LogP) is 4.19. The Morgan fingerprint density at radius 1 is 0.850 bits per heavy atom. The fourth-order valence-corrected chi connectivity index (χ4v) is 6.61. The quantitative estimate of drug-likeness (QED) is 0.362. The molecule has 0 atom stereocenters. The second kappa shape index (κ2) is 11.2. The highest BCUT2D eigenvalue weighted by atomic mass is 16.5. The molecule has 0 spiro atoms. The van der Waals surface area contributed by atoms with Crippen LogP contribution in [0.5, 0.6) is 11.5 Å². The van der Waals surface area contributed by atoms with Gasteiger partial charge in [-0.05, 0) is 81.1 Å². The van der Waals surface area contributed by atoms with Crippen molar-refractivity contribution in [1.82, 2.24) is 34.9 Å². The number of likely N-dealkylation sites (tertiary alicyclic amines) is 2. The van der Waals surface area contributed by atoms with E-state index >= 15 is 0 Å². The number of para-hydroxylation sites is 1. The Bertz CT molecular complexity index is 1420. The van der Waals surface area contributed by atoms with Crippen molar-refractivity contribution < 1.29 is 4.74 Å². The molecule has 3 aliphatic heterocycles. The maximum atomic E-state index is 6.39. The summed E-state index contributed by atoms with van der Waals surface area (Å²) in [5.74, 6) is 2.93. The molecular formula is C31H38N8O. The van der Waals surface area contributed by atoms with Crippen LogP contribution >= 0.6 is 0 Å². The Balaban J connectivity index is 1.03. The van der Waals surface area contributed by atoms with E-state index in [-0.39, 0.29) is 0 Å². The van der Waals surface area contributed by atoms with Crippen LogP contribution in [0.4, 0.5) is 5.82 Å². The van der Waals surface area contributed by atoms with Crippen molar-refractivity contribution in [2.75, 3.05) is 51.5 Å². The van der Waals surface area contributed by atoms with Gasteiger partial charge in [0.25, 0.3) is 0 Å². The number of hydrogen-bond donors (Lipinski definition) is 2. The molecule has 40 heavy (non-hydrogen) atoms. The number of nitrogen functional groups attached to an aromatic ring is 1. The summed E-state index contributed by atoms with van der Waals surface area (Å²) < 4.78 is 8.09. The van der Waals surface area contributed by atoms with Crippen molar-refractivity contribution in [3.05, 3.63) is 60.9 Å². The van der Waals surface area contributed by atoms with E-state index in [1.54, 1.807) is 6.33 Å². The van der Waals surface area contributed by atoms with E-state index in [4.69, 9.17) is 15.6 Å². The van der Waals surface area contributed by atoms with E-state index in [1.807, 2.05) is 54.6 Å². The lowest BCUT2D eigenvalue weighted by Crippen LogP contribution is -2.61. The first kappa shape index (κ1) is 25.4. The number of nitrogens with zero attached hydrogens (tertiary/aromatic N) is 6. The van der Waals surface area contributed by atoms with Crippen molar-refractivity contribution in [3.8, 4) is 22.8 Å². The molecule has 9 nitrogen and oxygen atoms in total. The third-order valence-corrected chi connectivity index (χ3v) is 8.90. The number of fused-ring (bicyclic) bond motifs is 1. The third-order valence-electron chi connectivity index (χ3n) is 8.90. The molecule has 5 heterocycles. The molecule has 0 aliphatic carbocycles. The van der Waals surface area contributed by atoms with Crippen molar-refractivity contribution >= 4 is 16.9 Å². The lowest BCUT2D eigenvalue weighted by molar-refractivity contribution is 0.00472. The SMILES string of the molecule is Nc1ncnc2c1c(-c1ccc(Oc3ccccc3)cc1)nn2C1CCN(C2CN(CC3CCNCC3)C2)CC1. The van der Waals surface area contributed by atoms with Crippen LogP contribution in [0, 0.1) is 5.92 Å². The molecule has 2 aromatic carbocycles. The van der Waals surface area contributed by atoms with Gasteiger partial charge in [-0.25, -0.2) is 14.6 Å². The van der Waals surface area contributed by atoms with Crippen LogP contribution in [0.25, 0.3) is 22.3 Å². The van der Waals surface area contributed by atoms with E-state index in [1.165, 1.54) is 45.6 Å². The van der Waals surface area contributed by atoms with Gasteiger partial charge in [-0.2, -0.15) is 5.10 Å². The Kier molecular flexibility index (Phi) is 7.09. The summed E-state index contributed by atoms with van der Waals surface area (Å²) in [6, 6.07) is 18.8. The molecule has 208 valence electrons. The van der Waals surface area contributed by atoms with E-state index in [0.717, 1.165) is 65.6 Å². The summed E-state index contributed by atoms with van der Waals surface area (Å²) in [4.78, 5) is 14.3. The van der Waals surface area contributed by atoms with Crippen LogP contribution < -0.4 is 15.8 Å². The lowest BCUT2D eigenvalue weighted by Gasteiger charge is -2.48. The normalized spacial score (nSPS) is 20.1. The first-order valence-corrected chi connectivity index (χ1v) is 14.7. The maximum absolute atomic E-state index is 6.39. The second-order valence-corrected chi connectivity index (χ2v) is 11.5. The summed E-state index contributed by atoms with van der Waals surface area (Å²) >= 11 is 0. The minimum absolute atomic E-state index is 0.299. The van der Waals surface area contributed by atoms with Crippen LogP contribution in [0.2, 0.25) is 0 Å². The molecule has 0 bridgehead atoms. The Morgan fingerprint density at radius 3 is 2.33 bits per heavy atom. The van der Waals surface area contributed by atoms with Crippen molar-refractivity contribution in [3.63, 3.8) is 0 Å². The highest BCUT2D eigenvalue weighted by molar-refractivity contribution is 5.98. The van der Waals surface area contributed by atoms with Crippen molar-refractivity contribution in [2.45, 2.75) is 37.8 Å². The Hall–Kier alpha value is -3.53. The van der Waals surface area contributed by atoms with Gasteiger partial charge in [0.15, 0.2) is 5.65 Å². The molecule has 3 N–H and O–H groups in total. The van der Waals surface area contributed by atoms with Crippen LogP contribution in [-0.2, 0) is 0 Å². The molecule has 2 aromatic heterocycles. The molecule has 9 heteroatoms. The van der Waals surface area contributed by atoms with Crippen LogP contribution in [-0.4, -0.2) is 81.4 Å². The number of hydrogen-bond acceptors (Lipinski definition) is 8. The fourth-order valence-electron chi connectivity index (χ4n) is 6.61. The minimum atomic E-state index is 0.299. The number of ether oxygens (including phenoxy) is 1. The monoisotopic (exact) mass is 538 g/mol. The zero-order valence-electron chi connectivity index (χ0n) is 23.0. The molecule has 3 saturated heterocycles. The molecule has 0 saturated carbocycles. The van der Waals surface area contributed by atoms with Gasteiger partial charge in [0, 0.05) is 44.3 Å². The third kappa shape index (κ3) is 5.16. The van der Waals surface area contributed by atoms with Gasteiger partial charge >= 0.3 is 0 Å². The van der Waals surface area contributed by atoms with Gasteiger partial charge in [0.05, 0.1) is 11.4 Å². The summed E-state index contributed by atoms with van der Waals surface area (Å²) in [5, 5.41) is 9.41. The Labute approximate surface area is 235 Å². The van der Waals surface area contributed by atoms with Crippen molar-refractivity contribution in [2.24, 2.45) is 5.92 Å². The average Bonchev–Trinajstić information content (AvgIpc) is 3.37. The number of piperidine rings is 2. The number of rotatable bonds is 7. The van der Waals surface area contributed by atoms with Gasteiger partial charge in [-0.15, -0.1) is 0 Å². The zero-order chi connectivity index (χ0) is 26.9. The predicted molar refractivity (Wildman–Crippen MR) is 157 cm³/mol. The van der Waals surface area contributed by atoms with E-state index in [0.29, 0.717) is 17.9 Å². The second-order valence-electron chi connectivity index (χ2n) is 11.5. The van der Waals surface area contributed by atoms with Gasteiger partial charge in [-0.1, -0.05) is 18.2 Å². The molecule has 0 amide bonds. The van der Waals surface area contributed by atoms with Gasteiger partial charge < -0.3 is 15.8 Å². The molecule has 4 aromatic rings. The van der Waals surface area contributed by atoms with E-state index < -0.39 is 0 Å². The smallest absolute Gasteiger partial charge is 0.164 e. The molecule has 7 rings (SSSR count). The lowest BCUT2D eigenvalue weighted by atomic mass is 9.94. The fraction of sp³-hybridized carbons (Fsp3) is 0.452. The van der Waals surface area contributed by atoms with Crippen molar-refractivity contribution in [1.29, 1.82) is 0 Å². The van der Waals surface area contributed by atoms with Crippen LogP contribution in [0.1, 0.15) is 31.7 Å². The summed E-state index contributed by atoms with van der Waals surface area (Å²) in [5.41, 5.74) is 9.02. The van der Waals surface area contributed by atoms with Gasteiger partial charge in [0.1, 0.15) is 29.3 Å². The average molecular weight is 539 g/mol. The number of nitrogens with two attached hydrogens (primary N) is 1. The van der Waals surface area contributed by atoms with Crippen LogP contribution in [0.15, 0.2) is 60.9 Å². The zero-order valence-corrected chi connectivity index (χ0v) is 23.0. The largest absolute Gasteiger partial charge is 0.457 e. The van der Waals surface area contributed by atoms with Gasteiger partial charge in [-0.3, -0.25) is 9.80 Å². The van der Waals surface area contributed by atoms with Gasteiger partial charge in [0.2, 0.25) is 0 Å². The molecule has 3 fully saturated rings. The first-order valence-electron chi connectivity index (χ1n) is 14.7. The number of aromatic nitrogens is 4. The molecule has 0 unspecified atom stereocenters. The Morgan fingerprint density at radius 2 is 1.57 bits per heavy atom. The summed E-state index contributed by atoms with van der Waals surface area (Å²) in [6.07, 6.45) is 6.33.